The highest BCUT2D eigenvalue weighted by molar-refractivity contribution is 9.10. The zero-order valence-electron chi connectivity index (χ0n) is 14.5. The molecule has 138 valence electrons. The molecule has 1 aliphatic rings. The smallest absolute Gasteiger partial charge is 0.255 e. The SMILES string of the molecule is CC1CCN(S(=O)(=O)c2ccc(C(=O)Nc3ccccc3Br)cc2)CC1. The van der Waals surface area contributed by atoms with Crippen molar-refractivity contribution in [3.8, 4) is 0 Å². The van der Waals surface area contributed by atoms with Crippen LogP contribution in [0.4, 0.5) is 5.69 Å². The average molecular weight is 437 g/mol. The van der Waals surface area contributed by atoms with E-state index in [-0.39, 0.29) is 10.8 Å². The third kappa shape index (κ3) is 4.16. The van der Waals surface area contributed by atoms with Crippen LogP contribution in [0.3, 0.4) is 0 Å². The second-order valence-corrected chi connectivity index (χ2v) is 9.34. The fourth-order valence-electron chi connectivity index (χ4n) is 2.91. The van der Waals surface area contributed by atoms with E-state index < -0.39 is 10.0 Å². The molecule has 26 heavy (non-hydrogen) atoms. The van der Waals surface area contributed by atoms with Crippen LogP contribution in [-0.4, -0.2) is 31.7 Å². The van der Waals surface area contributed by atoms with Gasteiger partial charge < -0.3 is 5.32 Å². The number of amides is 1. The molecule has 1 heterocycles. The van der Waals surface area contributed by atoms with Gasteiger partial charge in [0, 0.05) is 23.1 Å². The van der Waals surface area contributed by atoms with Crippen LogP contribution < -0.4 is 5.32 Å². The van der Waals surface area contributed by atoms with Crippen LogP contribution in [0.2, 0.25) is 0 Å². The summed E-state index contributed by atoms with van der Waals surface area (Å²) in [6.07, 6.45) is 1.76. The first kappa shape index (κ1) is 19.1. The van der Waals surface area contributed by atoms with E-state index in [4.69, 9.17) is 0 Å². The number of hydrogen-bond acceptors (Lipinski definition) is 3. The lowest BCUT2D eigenvalue weighted by molar-refractivity contribution is 0.102. The van der Waals surface area contributed by atoms with Gasteiger partial charge in [0.1, 0.15) is 0 Å². The zero-order chi connectivity index (χ0) is 18.7. The van der Waals surface area contributed by atoms with Crippen molar-refractivity contribution >= 4 is 37.5 Å². The van der Waals surface area contributed by atoms with Crippen LogP contribution in [-0.2, 0) is 10.0 Å². The standard InChI is InChI=1S/C19H21BrN2O3S/c1-14-10-12-22(13-11-14)26(24,25)16-8-6-15(7-9-16)19(23)21-18-5-3-2-4-17(18)20/h2-9,14H,10-13H2,1H3,(H,21,23). The summed E-state index contributed by atoms with van der Waals surface area (Å²) in [5.41, 5.74) is 1.07. The second kappa shape index (κ2) is 7.90. The quantitative estimate of drug-likeness (QED) is 0.783. The lowest BCUT2D eigenvalue weighted by atomic mass is 10.0. The van der Waals surface area contributed by atoms with Crippen LogP contribution in [0.5, 0.6) is 0 Å². The summed E-state index contributed by atoms with van der Waals surface area (Å²) in [6.45, 7) is 3.24. The Balaban J connectivity index is 1.74. The van der Waals surface area contributed by atoms with E-state index in [1.165, 1.54) is 16.4 Å². The third-order valence-corrected chi connectivity index (χ3v) is 7.22. The topological polar surface area (TPSA) is 66.5 Å². The first-order chi connectivity index (χ1) is 12.4. The molecule has 0 aliphatic carbocycles. The molecule has 2 aromatic rings. The molecule has 0 spiro atoms. The minimum atomic E-state index is -3.50. The van der Waals surface area contributed by atoms with Gasteiger partial charge in [0.05, 0.1) is 10.6 Å². The molecule has 0 aromatic heterocycles. The Morgan fingerprint density at radius 1 is 1.08 bits per heavy atom. The van der Waals surface area contributed by atoms with Gasteiger partial charge in [-0.2, -0.15) is 4.31 Å². The van der Waals surface area contributed by atoms with Gasteiger partial charge in [0.15, 0.2) is 0 Å². The molecule has 1 saturated heterocycles. The highest BCUT2D eigenvalue weighted by atomic mass is 79.9. The minimum Gasteiger partial charge on any atom is -0.321 e. The Labute approximate surface area is 162 Å². The van der Waals surface area contributed by atoms with Crippen molar-refractivity contribution in [2.45, 2.75) is 24.7 Å². The first-order valence-electron chi connectivity index (χ1n) is 8.54. The Kier molecular flexibility index (Phi) is 5.79. The van der Waals surface area contributed by atoms with Gasteiger partial charge in [-0.05, 0) is 71.1 Å². The van der Waals surface area contributed by atoms with Gasteiger partial charge in [-0.1, -0.05) is 19.1 Å². The van der Waals surface area contributed by atoms with E-state index in [1.54, 1.807) is 18.2 Å². The first-order valence-corrected chi connectivity index (χ1v) is 10.8. The molecule has 0 radical (unpaired) electrons. The second-order valence-electron chi connectivity index (χ2n) is 6.54. The number of piperidine rings is 1. The average Bonchev–Trinajstić information content (AvgIpc) is 2.64. The number of sulfonamides is 1. The molecule has 7 heteroatoms. The van der Waals surface area contributed by atoms with E-state index in [0.717, 1.165) is 17.3 Å². The molecular weight excluding hydrogens is 416 g/mol. The van der Waals surface area contributed by atoms with Crippen molar-refractivity contribution in [1.82, 2.24) is 4.31 Å². The maximum Gasteiger partial charge on any atom is 0.255 e. The van der Waals surface area contributed by atoms with Crippen LogP contribution in [0.25, 0.3) is 0 Å². The predicted molar refractivity (Wildman–Crippen MR) is 106 cm³/mol. The van der Waals surface area contributed by atoms with E-state index in [9.17, 15) is 13.2 Å². The van der Waals surface area contributed by atoms with Crippen molar-refractivity contribution in [3.63, 3.8) is 0 Å². The third-order valence-electron chi connectivity index (χ3n) is 4.62. The van der Waals surface area contributed by atoms with E-state index in [2.05, 4.69) is 28.2 Å². The summed E-state index contributed by atoms with van der Waals surface area (Å²) < 4.78 is 27.8. The normalized spacial score (nSPS) is 16.4. The number of nitrogens with zero attached hydrogens (tertiary/aromatic N) is 1. The maximum atomic E-state index is 12.7. The maximum absolute atomic E-state index is 12.7. The number of anilines is 1. The Bertz CT molecular complexity index is 889. The van der Waals surface area contributed by atoms with Crippen molar-refractivity contribution in [3.05, 3.63) is 58.6 Å². The molecule has 1 fully saturated rings. The summed E-state index contributed by atoms with van der Waals surface area (Å²) in [6, 6.07) is 13.4. The molecule has 0 atom stereocenters. The van der Waals surface area contributed by atoms with Crippen molar-refractivity contribution in [1.29, 1.82) is 0 Å². The molecule has 0 saturated carbocycles. The fourth-order valence-corrected chi connectivity index (χ4v) is 4.76. The van der Waals surface area contributed by atoms with Gasteiger partial charge in [0.2, 0.25) is 10.0 Å². The number of carbonyl (C=O) groups excluding carboxylic acids is 1. The minimum absolute atomic E-state index is 0.226. The molecule has 1 N–H and O–H groups in total. The van der Waals surface area contributed by atoms with E-state index >= 15 is 0 Å². The van der Waals surface area contributed by atoms with Gasteiger partial charge in [-0.25, -0.2) is 8.42 Å². The highest BCUT2D eigenvalue weighted by Gasteiger charge is 2.28. The van der Waals surface area contributed by atoms with Gasteiger partial charge in [0.25, 0.3) is 5.91 Å². The van der Waals surface area contributed by atoms with E-state index in [0.29, 0.717) is 30.3 Å². The number of nitrogens with one attached hydrogen (secondary N) is 1. The van der Waals surface area contributed by atoms with E-state index in [1.807, 2.05) is 18.2 Å². The number of carbonyl (C=O) groups is 1. The van der Waals surface area contributed by atoms with Crippen molar-refractivity contribution in [2.75, 3.05) is 18.4 Å². The van der Waals surface area contributed by atoms with Gasteiger partial charge >= 0.3 is 0 Å². The largest absolute Gasteiger partial charge is 0.321 e. The van der Waals surface area contributed by atoms with Crippen LogP contribution >= 0.6 is 15.9 Å². The zero-order valence-corrected chi connectivity index (χ0v) is 16.9. The van der Waals surface area contributed by atoms with Crippen LogP contribution in [0, 0.1) is 5.92 Å². The number of rotatable bonds is 4. The Morgan fingerprint density at radius 3 is 2.31 bits per heavy atom. The number of benzene rings is 2. The van der Waals surface area contributed by atoms with Crippen molar-refractivity contribution < 1.29 is 13.2 Å². The summed E-state index contributed by atoms with van der Waals surface area (Å²) in [5, 5.41) is 2.81. The number of para-hydroxylation sites is 1. The molecule has 0 unspecified atom stereocenters. The lowest BCUT2D eigenvalue weighted by Crippen LogP contribution is -2.37. The molecule has 3 rings (SSSR count). The molecule has 0 bridgehead atoms. The van der Waals surface area contributed by atoms with Crippen molar-refractivity contribution in [2.24, 2.45) is 5.92 Å². The Hall–Kier alpha value is -1.70. The number of hydrogen-bond donors (Lipinski definition) is 1. The fraction of sp³-hybridized carbons (Fsp3) is 0.316. The highest BCUT2D eigenvalue weighted by Crippen LogP contribution is 2.25. The predicted octanol–water partition coefficient (Wildman–Crippen LogP) is 4.12. The van der Waals surface area contributed by atoms with Crippen LogP contribution in [0.1, 0.15) is 30.1 Å². The monoisotopic (exact) mass is 436 g/mol. The molecule has 5 nitrogen and oxygen atoms in total. The summed E-state index contributed by atoms with van der Waals surface area (Å²) in [5.74, 6) is 0.275. The van der Waals surface area contributed by atoms with Crippen LogP contribution in [0.15, 0.2) is 57.9 Å². The summed E-state index contributed by atoms with van der Waals surface area (Å²) in [4.78, 5) is 12.6. The summed E-state index contributed by atoms with van der Waals surface area (Å²) >= 11 is 3.38. The van der Waals surface area contributed by atoms with Gasteiger partial charge in [-0.3, -0.25) is 4.79 Å². The molecular formula is C19H21BrN2O3S. The Morgan fingerprint density at radius 2 is 1.69 bits per heavy atom. The summed E-state index contributed by atoms with van der Waals surface area (Å²) in [7, 11) is -3.50. The molecule has 2 aromatic carbocycles. The van der Waals surface area contributed by atoms with Gasteiger partial charge in [-0.15, -0.1) is 0 Å². The lowest BCUT2D eigenvalue weighted by Gasteiger charge is -2.29. The molecule has 1 amide bonds. The number of halogens is 1. The molecule has 1 aliphatic heterocycles.